The summed E-state index contributed by atoms with van der Waals surface area (Å²) in [5, 5.41) is 2.08. The third-order valence-electron chi connectivity index (χ3n) is 1.36. The van der Waals surface area contributed by atoms with Crippen LogP contribution in [0.4, 0.5) is 0 Å². The van der Waals surface area contributed by atoms with Gasteiger partial charge >= 0.3 is 0 Å². The zero-order chi connectivity index (χ0) is 7.84. The van der Waals surface area contributed by atoms with Crippen molar-refractivity contribution in [3.05, 3.63) is 23.8 Å². The van der Waals surface area contributed by atoms with Gasteiger partial charge in [-0.2, -0.15) is 0 Å². The highest BCUT2D eigenvalue weighted by Crippen LogP contribution is 2.07. The Kier molecular flexibility index (Phi) is 1.00. The Hall–Kier alpha value is -1.78. The normalized spacial score (nSPS) is 14.5. The molecule has 0 aromatic carbocycles. The van der Waals surface area contributed by atoms with E-state index in [4.69, 9.17) is 0 Å². The van der Waals surface area contributed by atoms with Crippen molar-refractivity contribution in [1.29, 1.82) is 0 Å². The monoisotopic (exact) mass is 149 g/mol. The van der Waals surface area contributed by atoms with Crippen molar-refractivity contribution in [3.63, 3.8) is 0 Å². The lowest BCUT2D eigenvalue weighted by atomic mass is 10.3. The number of fused-ring (bicyclic) bond motifs is 1. The van der Waals surface area contributed by atoms with Gasteiger partial charge < -0.3 is 0 Å². The minimum absolute atomic E-state index is 0.109. The predicted molar refractivity (Wildman–Crippen MR) is 33.8 cm³/mol. The van der Waals surface area contributed by atoms with E-state index in [1.54, 1.807) is 0 Å². The molecular formula is C6H3N3O2. The molecule has 1 aliphatic rings. The SMILES string of the molecule is O=C1NC(=O)c2nccnc21. The number of carbonyl (C=O) groups is 2. The molecule has 0 atom stereocenters. The van der Waals surface area contributed by atoms with E-state index in [0.717, 1.165) is 0 Å². The van der Waals surface area contributed by atoms with Crippen LogP contribution in [0.15, 0.2) is 12.4 Å². The molecule has 0 saturated heterocycles. The first kappa shape index (κ1) is 5.96. The highest BCUT2D eigenvalue weighted by molar-refractivity contribution is 6.19. The smallest absolute Gasteiger partial charge is 0.279 e. The topological polar surface area (TPSA) is 72.0 Å². The molecule has 2 amide bonds. The molecule has 0 unspecified atom stereocenters. The summed E-state index contributed by atoms with van der Waals surface area (Å²) in [7, 11) is 0. The minimum atomic E-state index is -0.474. The van der Waals surface area contributed by atoms with Gasteiger partial charge in [-0.25, -0.2) is 9.97 Å². The van der Waals surface area contributed by atoms with E-state index in [2.05, 4.69) is 15.3 Å². The zero-order valence-corrected chi connectivity index (χ0v) is 5.37. The Bertz CT molecular complexity index is 314. The fourth-order valence-corrected chi connectivity index (χ4v) is 0.892. The van der Waals surface area contributed by atoms with Crippen molar-refractivity contribution >= 4 is 11.8 Å². The summed E-state index contributed by atoms with van der Waals surface area (Å²) in [5.74, 6) is -0.948. The van der Waals surface area contributed by atoms with Gasteiger partial charge in [-0.15, -0.1) is 0 Å². The Balaban J connectivity index is 2.69. The summed E-state index contributed by atoms with van der Waals surface area (Å²) in [6.07, 6.45) is 2.74. The van der Waals surface area contributed by atoms with Crippen molar-refractivity contribution in [2.45, 2.75) is 0 Å². The lowest BCUT2D eigenvalue weighted by Crippen LogP contribution is -2.20. The van der Waals surface area contributed by atoms with E-state index >= 15 is 0 Å². The number of hydrogen-bond acceptors (Lipinski definition) is 4. The molecule has 5 nitrogen and oxygen atoms in total. The van der Waals surface area contributed by atoms with Crippen LogP contribution >= 0.6 is 0 Å². The summed E-state index contributed by atoms with van der Waals surface area (Å²) in [5.41, 5.74) is 0.218. The molecule has 1 aliphatic heterocycles. The lowest BCUT2D eigenvalue weighted by Gasteiger charge is -1.86. The lowest BCUT2D eigenvalue weighted by molar-refractivity contribution is 0.0876. The van der Waals surface area contributed by atoms with Crippen LogP contribution in [0.2, 0.25) is 0 Å². The molecule has 0 spiro atoms. The average molecular weight is 149 g/mol. The Morgan fingerprint density at radius 3 is 1.91 bits per heavy atom. The van der Waals surface area contributed by atoms with Crippen molar-refractivity contribution in [3.8, 4) is 0 Å². The maximum absolute atomic E-state index is 10.8. The highest BCUT2D eigenvalue weighted by atomic mass is 16.2. The van der Waals surface area contributed by atoms with Gasteiger partial charge in [0.1, 0.15) is 0 Å². The van der Waals surface area contributed by atoms with Crippen LogP contribution in [-0.4, -0.2) is 21.8 Å². The second-order valence-corrected chi connectivity index (χ2v) is 2.04. The Morgan fingerprint density at radius 1 is 1.00 bits per heavy atom. The molecule has 0 bridgehead atoms. The molecule has 54 valence electrons. The Labute approximate surface area is 61.5 Å². The largest absolute Gasteiger partial charge is 0.285 e. The van der Waals surface area contributed by atoms with E-state index in [0.29, 0.717) is 0 Å². The number of rotatable bonds is 0. The van der Waals surface area contributed by atoms with Gasteiger partial charge in [-0.1, -0.05) is 0 Å². The minimum Gasteiger partial charge on any atom is -0.285 e. The highest BCUT2D eigenvalue weighted by Gasteiger charge is 2.28. The standard InChI is InChI=1S/C6H3N3O2/c10-5-3-4(6(11)9-5)8-2-1-7-3/h1-2H,(H,9,10,11). The summed E-state index contributed by atoms with van der Waals surface area (Å²) in [4.78, 5) is 29.1. The third-order valence-corrected chi connectivity index (χ3v) is 1.36. The number of amides is 2. The molecule has 0 fully saturated rings. The maximum Gasteiger partial charge on any atom is 0.279 e. The van der Waals surface area contributed by atoms with Crippen LogP contribution < -0.4 is 5.32 Å². The number of hydrogen-bond donors (Lipinski definition) is 1. The molecular weight excluding hydrogens is 146 g/mol. The fraction of sp³-hybridized carbons (Fsp3) is 0. The number of nitrogens with one attached hydrogen (secondary N) is 1. The van der Waals surface area contributed by atoms with Crippen LogP contribution in [0, 0.1) is 0 Å². The van der Waals surface area contributed by atoms with Crippen LogP contribution in [0.5, 0.6) is 0 Å². The summed E-state index contributed by atoms with van der Waals surface area (Å²) in [6, 6.07) is 0. The van der Waals surface area contributed by atoms with E-state index in [1.807, 2.05) is 0 Å². The van der Waals surface area contributed by atoms with Gasteiger partial charge in [0, 0.05) is 12.4 Å². The van der Waals surface area contributed by atoms with Crippen molar-refractivity contribution in [1.82, 2.24) is 15.3 Å². The summed E-state index contributed by atoms with van der Waals surface area (Å²) < 4.78 is 0. The molecule has 2 heterocycles. The van der Waals surface area contributed by atoms with Crippen molar-refractivity contribution in [2.75, 3.05) is 0 Å². The molecule has 0 saturated carbocycles. The van der Waals surface area contributed by atoms with Gasteiger partial charge in [0.2, 0.25) is 0 Å². The summed E-state index contributed by atoms with van der Waals surface area (Å²) >= 11 is 0. The molecule has 1 aromatic rings. The van der Waals surface area contributed by atoms with Gasteiger partial charge in [0.25, 0.3) is 11.8 Å². The first-order valence-corrected chi connectivity index (χ1v) is 2.96. The van der Waals surface area contributed by atoms with Crippen LogP contribution in [-0.2, 0) is 0 Å². The molecule has 0 aliphatic carbocycles. The number of nitrogens with zero attached hydrogens (tertiary/aromatic N) is 2. The number of imide groups is 1. The van der Waals surface area contributed by atoms with E-state index in [-0.39, 0.29) is 11.4 Å². The molecule has 1 N–H and O–H groups in total. The predicted octanol–water partition coefficient (Wildman–Crippen LogP) is -0.640. The second kappa shape index (κ2) is 1.85. The number of aromatic nitrogens is 2. The third kappa shape index (κ3) is 0.706. The van der Waals surface area contributed by atoms with Gasteiger partial charge in [-0.05, 0) is 0 Å². The zero-order valence-electron chi connectivity index (χ0n) is 5.37. The molecule has 5 heteroatoms. The average Bonchev–Trinajstić information content (AvgIpc) is 2.30. The second-order valence-electron chi connectivity index (χ2n) is 2.04. The number of carbonyl (C=O) groups excluding carboxylic acids is 2. The van der Waals surface area contributed by atoms with E-state index < -0.39 is 11.8 Å². The first-order chi connectivity index (χ1) is 5.29. The maximum atomic E-state index is 10.8. The van der Waals surface area contributed by atoms with Crippen molar-refractivity contribution in [2.24, 2.45) is 0 Å². The van der Waals surface area contributed by atoms with Crippen LogP contribution in [0.1, 0.15) is 21.0 Å². The van der Waals surface area contributed by atoms with Gasteiger partial charge in [0.15, 0.2) is 11.4 Å². The molecule has 2 rings (SSSR count). The van der Waals surface area contributed by atoms with Crippen LogP contribution in [0.25, 0.3) is 0 Å². The van der Waals surface area contributed by atoms with Gasteiger partial charge in [0.05, 0.1) is 0 Å². The Morgan fingerprint density at radius 2 is 1.45 bits per heavy atom. The van der Waals surface area contributed by atoms with Crippen molar-refractivity contribution < 1.29 is 9.59 Å². The quantitative estimate of drug-likeness (QED) is 0.498. The van der Waals surface area contributed by atoms with Crippen LogP contribution in [0.3, 0.4) is 0 Å². The summed E-state index contributed by atoms with van der Waals surface area (Å²) in [6.45, 7) is 0. The fourth-order valence-electron chi connectivity index (χ4n) is 0.892. The first-order valence-electron chi connectivity index (χ1n) is 2.96. The molecule has 1 aromatic heterocycles. The van der Waals surface area contributed by atoms with Gasteiger partial charge in [-0.3, -0.25) is 14.9 Å². The molecule has 0 radical (unpaired) electrons. The van der Waals surface area contributed by atoms with E-state index in [9.17, 15) is 9.59 Å². The molecule has 11 heavy (non-hydrogen) atoms. The van der Waals surface area contributed by atoms with E-state index in [1.165, 1.54) is 12.4 Å².